The van der Waals surface area contributed by atoms with Gasteiger partial charge in [0.05, 0.1) is 24.3 Å². The van der Waals surface area contributed by atoms with Crippen LogP contribution in [0.3, 0.4) is 0 Å². The third kappa shape index (κ3) is 10.2. The number of fused-ring (bicyclic) bond motifs is 1. The van der Waals surface area contributed by atoms with Gasteiger partial charge in [0.15, 0.2) is 0 Å². The Bertz CT molecular complexity index is 1940. The number of aliphatic imine (C=N–C) groups is 2. The van der Waals surface area contributed by atoms with Crippen molar-refractivity contribution in [2.24, 2.45) is 27.7 Å². The number of aryl methyl sites for hydroxylation is 2. The van der Waals surface area contributed by atoms with Gasteiger partial charge < -0.3 is 36.0 Å². The zero-order chi connectivity index (χ0) is 42.4. The number of urea groups is 1. The lowest BCUT2D eigenvalue weighted by molar-refractivity contribution is -0.141. The molecule has 58 heavy (non-hydrogen) atoms. The van der Waals surface area contributed by atoms with Gasteiger partial charge in [-0.15, -0.1) is 0 Å². The summed E-state index contributed by atoms with van der Waals surface area (Å²) in [7, 11) is 4.92. The van der Waals surface area contributed by atoms with Crippen LogP contribution in [-0.4, -0.2) is 132 Å². The summed E-state index contributed by atoms with van der Waals surface area (Å²) in [6.45, 7) is 11.5. The second-order valence-electron chi connectivity index (χ2n) is 16.2. The molecule has 1 aromatic heterocycles. The van der Waals surface area contributed by atoms with Crippen molar-refractivity contribution >= 4 is 59.1 Å². The first kappa shape index (κ1) is 43.3. The van der Waals surface area contributed by atoms with E-state index >= 15 is 0 Å². The predicted molar refractivity (Wildman–Crippen MR) is 221 cm³/mol. The van der Waals surface area contributed by atoms with Crippen LogP contribution in [0.2, 0.25) is 0 Å². The molecule has 3 aliphatic heterocycles. The average molecular weight is 800 g/mol. The molecule has 17 nitrogen and oxygen atoms in total. The summed E-state index contributed by atoms with van der Waals surface area (Å²) >= 11 is 0. The van der Waals surface area contributed by atoms with Crippen molar-refractivity contribution in [2.75, 3.05) is 51.0 Å². The second-order valence-corrected chi connectivity index (χ2v) is 16.2. The molecule has 5 rings (SSSR count). The molecule has 0 radical (unpaired) electrons. The first-order valence-corrected chi connectivity index (χ1v) is 19.8. The van der Waals surface area contributed by atoms with Gasteiger partial charge >= 0.3 is 6.03 Å². The maximum atomic E-state index is 14.0. The Labute approximate surface area is 340 Å². The van der Waals surface area contributed by atoms with E-state index in [1.54, 1.807) is 61.6 Å². The van der Waals surface area contributed by atoms with Crippen molar-refractivity contribution in [2.45, 2.75) is 85.1 Å². The highest BCUT2D eigenvalue weighted by Crippen LogP contribution is 2.31. The molecule has 2 fully saturated rings. The minimum atomic E-state index is -0.957. The number of rotatable bonds is 13. The van der Waals surface area contributed by atoms with E-state index in [0.29, 0.717) is 37.5 Å². The Morgan fingerprint density at radius 1 is 1.00 bits per heavy atom. The molecular formula is C41H57N11O6. The number of hydrogen-bond donors (Lipinski definition) is 4. The quantitative estimate of drug-likeness (QED) is 0.237. The first-order valence-electron chi connectivity index (χ1n) is 19.8. The van der Waals surface area contributed by atoms with Gasteiger partial charge in [0.2, 0.25) is 29.6 Å². The molecule has 2 unspecified atom stereocenters. The number of carbonyl (C=O) groups excluding carboxylic acids is 6. The van der Waals surface area contributed by atoms with Crippen molar-refractivity contribution in [3.8, 4) is 0 Å². The van der Waals surface area contributed by atoms with Crippen LogP contribution in [0.1, 0.15) is 68.6 Å². The maximum absolute atomic E-state index is 14.0. The largest absolute Gasteiger partial charge is 0.347 e. The molecule has 1 aromatic carbocycles. The van der Waals surface area contributed by atoms with Gasteiger partial charge in [0.25, 0.3) is 5.91 Å². The lowest BCUT2D eigenvalue weighted by Gasteiger charge is -2.43. The number of amides is 7. The number of benzene rings is 1. The fourth-order valence-corrected chi connectivity index (χ4v) is 7.34. The van der Waals surface area contributed by atoms with Crippen molar-refractivity contribution in [3.63, 3.8) is 0 Å². The molecule has 2 saturated heterocycles. The number of carbonyl (C=O) groups is 6. The summed E-state index contributed by atoms with van der Waals surface area (Å²) < 4.78 is 0. The summed E-state index contributed by atoms with van der Waals surface area (Å²) in [5.41, 5.74) is 3.19. The smallest absolute Gasteiger partial charge is 0.325 e. The van der Waals surface area contributed by atoms with Crippen LogP contribution in [-0.2, 0) is 19.2 Å². The zero-order valence-electron chi connectivity index (χ0n) is 34.9. The predicted octanol–water partition coefficient (Wildman–Crippen LogP) is 2.55. The van der Waals surface area contributed by atoms with Gasteiger partial charge in [0.1, 0.15) is 24.3 Å². The van der Waals surface area contributed by atoms with Gasteiger partial charge in [-0.3, -0.25) is 33.9 Å². The minimum absolute atomic E-state index is 0.154. The fourth-order valence-electron chi connectivity index (χ4n) is 7.34. The number of nitrogens with zero attached hydrogens (tertiary/aromatic N) is 7. The van der Waals surface area contributed by atoms with Gasteiger partial charge in [-0.2, -0.15) is 0 Å². The number of pyridine rings is 1. The highest BCUT2D eigenvalue weighted by molar-refractivity contribution is 6.04. The normalized spacial score (nSPS) is 20.0. The number of likely N-dealkylation sites (N-methyl/N-ethyl adjacent to an activating group) is 1. The molecule has 0 bridgehead atoms. The summed E-state index contributed by atoms with van der Waals surface area (Å²) in [5, 5.41) is 11.4. The Hall–Kier alpha value is -5.87. The minimum Gasteiger partial charge on any atom is -0.347 e. The molecule has 0 saturated carbocycles. The van der Waals surface area contributed by atoms with E-state index in [9.17, 15) is 28.8 Å². The maximum Gasteiger partial charge on any atom is 0.325 e. The lowest BCUT2D eigenvalue weighted by Crippen LogP contribution is -2.58. The fraction of sp³-hybridized carbons (Fsp3) is 0.537. The molecule has 312 valence electrons. The van der Waals surface area contributed by atoms with E-state index in [0.717, 1.165) is 16.9 Å². The number of anilines is 2. The molecule has 0 spiro atoms. The zero-order valence-corrected chi connectivity index (χ0v) is 34.9. The highest BCUT2D eigenvalue weighted by Gasteiger charge is 2.41. The highest BCUT2D eigenvalue weighted by atomic mass is 16.2. The summed E-state index contributed by atoms with van der Waals surface area (Å²) in [6, 6.07) is 6.01. The topological polar surface area (TPSA) is 201 Å². The summed E-state index contributed by atoms with van der Waals surface area (Å²) in [4.78, 5) is 100. The van der Waals surface area contributed by atoms with E-state index in [4.69, 9.17) is 4.99 Å². The number of nitrogens with one attached hydrogen (secondary N) is 4. The molecule has 17 heteroatoms. The molecule has 5 atom stereocenters. The van der Waals surface area contributed by atoms with Crippen molar-refractivity contribution < 1.29 is 28.8 Å². The van der Waals surface area contributed by atoms with Crippen LogP contribution in [0.5, 0.6) is 0 Å². The molecule has 0 aliphatic carbocycles. The van der Waals surface area contributed by atoms with Gasteiger partial charge in [0, 0.05) is 57.4 Å². The summed E-state index contributed by atoms with van der Waals surface area (Å²) in [6.07, 6.45) is 4.40. The third-order valence-electron chi connectivity index (χ3n) is 10.5. The Kier molecular flexibility index (Phi) is 13.9. The molecule has 4 N–H and O–H groups in total. The van der Waals surface area contributed by atoms with Crippen LogP contribution in [0.25, 0.3) is 0 Å². The number of guanidine groups is 1. The number of aromatic nitrogens is 1. The van der Waals surface area contributed by atoms with Crippen LogP contribution in [0.15, 0.2) is 46.5 Å². The van der Waals surface area contributed by atoms with Crippen LogP contribution in [0.4, 0.5) is 16.2 Å². The average Bonchev–Trinajstić information content (AvgIpc) is 3.68. The molecule has 4 heterocycles. The second kappa shape index (κ2) is 18.6. The van der Waals surface area contributed by atoms with E-state index in [-0.39, 0.29) is 48.3 Å². The monoisotopic (exact) mass is 799 g/mol. The lowest BCUT2D eigenvalue weighted by atomic mass is 9.99. The molecule has 3 aliphatic rings. The van der Waals surface area contributed by atoms with E-state index in [1.165, 1.54) is 9.80 Å². The van der Waals surface area contributed by atoms with Gasteiger partial charge in [-0.25, -0.2) is 14.8 Å². The Morgan fingerprint density at radius 3 is 2.40 bits per heavy atom. The molecule has 7 amide bonds. The number of likely N-dealkylation sites (tertiary alicyclic amines) is 1. The van der Waals surface area contributed by atoms with Crippen LogP contribution < -0.4 is 26.2 Å². The number of hydrogen-bond acceptors (Lipinski definition) is 10. The van der Waals surface area contributed by atoms with Crippen molar-refractivity contribution in [3.05, 3.63) is 53.3 Å². The SMILES string of the molecule is Cc1ccc(NC2=NC3C(C=N2)CN(c2cc(C(=O)N[C@H](C(=O)N4CCC[C@@H]4C(=O)NCC(=O)N[C@@H](CC(C)C)C(=O)N(C)C)C(C)C)ccc2C)C(=O)N3C)cn1. The van der Waals surface area contributed by atoms with Gasteiger partial charge in [-0.1, -0.05) is 33.8 Å². The molecule has 2 aromatic rings. The summed E-state index contributed by atoms with van der Waals surface area (Å²) in [5.74, 6) is -2.17. The Morgan fingerprint density at radius 2 is 1.74 bits per heavy atom. The van der Waals surface area contributed by atoms with Crippen molar-refractivity contribution in [1.29, 1.82) is 0 Å². The standard InChI is InChI=1S/C41H57N11O6/c1-23(2)17-30(38(56)49(7)8)46-33(53)21-43-37(55)31-11-10-16-51(31)39(57)34(24(3)4)47-36(54)27-14-12-25(5)32(18-27)52-22-28-19-44-40(48-35(28)50(9)41(52)58)45-29-15-13-26(6)42-20-29/h12-15,18-20,23-24,28,30-31,34-35H,10-11,16-17,21-22H2,1-9H3,(H,43,55)(H,45,48)(H,46,53)(H,47,54)/t28?,30-,31+,34-,35?/m0/s1. The Balaban J connectivity index is 1.23. The van der Waals surface area contributed by atoms with E-state index < -0.39 is 47.9 Å². The first-order chi connectivity index (χ1) is 27.4. The molecular weight excluding hydrogens is 743 g/mol. The van der Waals surface area contributed by atoms with Crippen molar-refractivity contribution in [1.82, 2.24) is 35.6 Å². The van der Waals surface area contributed by atoms with Crippen LogP contribution in [0, 0.1) is 31.6 Å². The van der Waals surface area contributed by atoms with E-state index in [2.05, 4.69) is 31.2 Å². The van der Waals surface area contributed by atoms with Crippen LogP contribution >= 0.6 is 0 Å². The third-order valence-corrected chi connectivity index (χ3v) is 10.5. The van der Waals surface area contributed by atoms with E-state index in [1.807, 2.05) is 53.7 Å². The van der Waals surface area contributed by atoms with Gasteiger partial charge in [-0.05, 0) is 74.8 Å².